The highest BCUT2D eigenvalue weighted by atomic mass is 32.2. The molecule has 106 valence electrons. The van der Waals surface area contributed by atoms with E-state index in [1.807, 2.05) is 24.3 Å². The Labute approximate surface area is 116 Å². The molecular formula is C15H22O3S. The van der Waals surface area contributed by atoms with Crippen LogP contribution in [0, 0.1) is 0 Å². The topological polar surface area (TPSA) is 51.2 Å². The van der Waals surface area contributed by atoms with Crippen LogP contribution >= 0.6 is 0 Å². The molecule has 4 heteroatoms. The van der Waals surface area contributed by atoms with E-state index in [1.165, 1.54) is 12.5 Å². The summed E-state index contributed by atoms with van der Waals surface area (Å²) in [6, 6.07) is 7.78. The van der Waals surface area contributed by atoms with Gasteiger partial charge in [-0.15, -0.1) is 0 Å². The second-order valence-electron chi connectivity index (χ2n) is 6.06. The van der Waals surface area contributed by atoms with Gasteiger partial charge in [0.1, 0.15) is 5.25 Å². The predicted octanol–water partition coefficient (Wildman–Crippen LogP) is 2.53. The summed E-state index contributed by atoms with van der Waals surface area (Å²) in [7, 11) is -3.30. The summed E-state index contributed by atoms with van der Waals surface area (Å²) in [5, 5.41) is -0.935. The SMILES string of the molecule is CC(C(=O)Cc1ccc(C(C)(C)C)cc1)S(C)(=O)=O. The first kappa shape index (κ1) is 15.9. The van der Waals surface area contributed by atoms with Crippen molar-refractivity contribution < 1.29 is 13.2 Å². The summed E-state index contributed by atoms with van der Waals surface area (Å²) in [6.45, 7) is 7.82. The highest BCUT2D eigenvalue weighted by Gasteiger charge is 2.23. The highest BCUT2D eigenvalue weighted by molar-refractivity contribution is 7.92. The molecule has 0 aliphatic carbocycles. The molecule has 0 fully saturated rings. The number of benzene rings is 1. The van der Waals surface area contributed by atoms with Gasteiger partial charge < -0.3 is 0 Å². The Morgan fingerprint density at radius 1 is 1.16 bits per heavy atom. The lowest BCUT2D eigenvalue weighted by Gasteiger charge is -2.19. The lowest BCUT2D eigenvalue weighted by molar-refractivity contribution is -0.117. The number of carbonyl (C=O) groups is 1. The first-order valence-electron chi connectivity index (χ1n) is 6.33. The van der Waals surface area contributed by atoms with Crippen LogP contribution in [0.1, 0.15) is 38.8 Å². The van der Waals surface area contributed by atoms with Crippen LogP contribution in [-0.2, 0) is 26.5 Å². The quantitative estimate of drug-likeness (QED) is 0.852. The zero-order valence-electron chi connectivity index (χ0n) is 12.2. The van der Waals surface area contributed by atoms with Gasteiger partial charge in [0, 0.05) is 12.7 Å². The molecule has 1 unspecified atom stereocenters. The van der Waals surface area contributed by atoms with Crippen molar-refractivity contribution in [3.63, 3.8) is 0 Å². The Balaban J connectivity index is 2.82. The fourth-order valence-electron chi connectivity index (χ4n) is 1.71. The molecule has 0 heterocycles. The third kappa shape index (κ3) is 4.46. The molecule has 0 aliphatic heterocycles. The lowest BCUT2D eigenvalue weighted by Crippen LogP contribution is -2.27. The summed E-state index contributed by atoms with van der Waals surface area (Å²) in [6.07, 6.45) is 1.26. The van der Waals surface area contributed by atoms with Crippen molar-refractivity contribution in [1.82, 2.24) is 0 Å². The molecule has 1 rings (SSSR count). The number of Topliss-reactive ketones (excluding diaryl/α,β-unsaturated/α-hetero) is 1. The van der Waals surface area contributed by atoms with Gasteiger partial charge in [-0.3, -0.25) is 4.79 Å². The normalized spacial score (nSPS) is 14.2. The smallest absolute Gasteiger partial charge is 0.157 e. The van der Waals surface area contributed by atoms with E-state index in [4.69, 9.17) is 0 Å². The molecule has 19 heavy (non-hydrogen) atoms. The number of sulfone groups is 1. The maximum absolute atomic E-state index is 11.9. The van der Waals surface area contributed by atoms with E-state index >= 15 is 0 Å². The van der Waals surface area contributed by atoms with Crippen molar-refractivity contribution in [2.75, 3.05) is 6.26 Å². The summed E-state index contributed by atoms with van der Waals surface area (Å²) < 4.78 is 22.7. The summed E-state index contributed by atoms with van der Waals surface area (Å²) in [4.78, 5) is 11.9. The van der Waals surface area contributed by atoms with E-state index in [1.54, 1.807) is 0 Å². The summed E-state index contributed by atoms with van der Waals surface area (Å²) >= 11 is 0. The van der Waals surface area contributed by atoms with Crippen LogP contribution in [0.5, 0.6) is 0 Å². The van der Waals surface area contributed by atoms with Crippen molar-refractivity contribution in [2.24, 2.45) is 0 Å². The average molecular weight is 282 g/mol. The third-order valence-corrected chi connectivity index (χ3v) is 4.84. The number of carbonyl (C=O) groups excluding carboxylic acids is 1. The molecule has 0 aromatic heterocycles. The molecule has 0 N–H and O–H groups in total. The maximum Gasteiger partial charge on any atom is 0.157 e. The first-order chi connectivity index (χ1) is 8.51. The predicted molar refractivity (Wildman–Crippen MR) is 78.2 cm³/mol. The highest BCUT2D eigenvalue weighted by Crippen LogP contribution is 2.22. The van der Waals surface area contributed by atoms with E-state index in [2.05, 4.69) is 20.8 Å². The fraction of sp³-hybridized carbons (Fsp3) is 0.533. The van der Waals surface area contributed by atoms with Crippen LogP contribution < -0.4 is 0 Å². The molecule has 0 aliphatic rings. The van der Waals surface area contributed by atoms with E-state index in [9.17, 15) is 13.2 Å². The van der Waals surface area contributed by atoms with Crippen molar-refractivity contribution >= 4 is 15.6 Å². The van der Waals surface area contributed by atoms with Gasteiger partial charge in [0.2, 0.25) is 0 Å². The summed E-state index contributed by atoms with van der Waals surface area (Å²) in [5.74, 6) is -0.258. The monoisotopic (exact) mass is 282 g/mol. The van der Waals surface area contributed by atoms with E-state index in [0.717, 1.165) is 11.8 Å². The molecular weight excluding hydrogens is 260 g/mol. The van der Waals surface area contributed by atoms with E-state index in [0.29, 0.717) is 0 Å². The van der Waals surface area contributed by atoms with Crippen LogP contribution in [0.3, 0.4) is 0 Å². The molecule has 0 saturated heterocycles. The van der Waals surface area contributed by atoms with Crippen LogP contribution in [0.2, 0.25) is 0 Å². The van der Waals surface area contributed by atoms with Gasteiger partial charge >= 0.3 is 0 Å². The van der Waals surface area contributed by atoms with Crippen LogP contribution in [-0.4, -0.2) is 25.7 Å². The number of hydrogen-bond acceptors (Lipinski definition) is 3. The van der Waals surface area contributed by atoms with Gasteiger partial charge in [0.05, 0.1) is 0 Å². The largest absolute Gasteiger partial charge is 0.298 e. The third-order valence-electron chi connectivity index (χ3n) is 3.29. The molecule has 0 saturated carbocycles. The Kier molecular flexibility index (Phi) is 4.56. The van der Waals surface area contributed by atoms with Gasteiger partial charge in [-0.25, -0.2) is 8.42 Å². The Morgan fingerprint density at radius 3 is 2.00 bits per heavy atom. The summed E-state index contributed by atoms with van der Waals surface area (Å²) in [5.41, 5.74) is 2.12. The minimum atomic E-state index is -3.30. The Hall–Kier alpha value is -1.16. The average Bonchev–Trinajstić information content (AvgIpc) is 2.26. The molecule has 1 atom stereocenters. The van der Waals surface area contributed by atoms with Gasteiger partial charge in [-0.1, -0.05) is 45.0 Å². The van der Waals surface area contributed by atoms with Gasteiger partial charge in [-0.05, 0) is 23.5 Å². The van der Waals surface area contributed by atoms with Gasteiger partial charge in [-0.2, -0.15) is 0 Å². The molecule has 0 bridgehead atoms. The number of rotatable bonds is 4. The standard InChI is InChI=1S/C15H22O3S/c1-11(19(5,17)18)14(16)10-12-6-8-13(9-7-12)15(2,3)4/h6-9,11H,10H2,1-5H3. The molecule has 1 aromatic carbocycles. The molecule has 3 nitrogen and oxygen atoms in total. The number of ketones is 1. The van der Waals surface area contributed by atoms with E-state index in [-0.39, 0.29) is 17.6 Å². The molecule has 1 aromatic rings. The van der Waals surface area contributed by atoms with Crippen molar-refractivity contribution in [3.8, 4) is 0 Å². The molecule has 0 radical (unpaired) electrons. The second-order valence-corrected chi connectivity index (χ2v) is 8.43. The first-order valence-corrected chi connectivity index (χ1v) is 8.28. The minimum Gasteiger partial charge on any atom is -0.298 e. The maximum atomic E-state index is 11.9. The second kappa shape index (κ2) is 5.45. The van der Waals surface area contributed by atoms with Crippen LogP contribution in [0.25, 0.3) is 0 Å². The Bertz CT molecular complexity index is 548. The number of hydrogen-bond donors (Lipinski definition) is 0. The van der Waals surface area contributed by atoms with Gasteiger partial charge in [0.25, 0.3) is 0 Å². The van der Waals surface area contributed by atoms with Crippen molar-refractivity contribution in [2.45, 2.75) is 44.8 Å². The van der Waals surface area contributed by atoms with Crippen LogP contribution in [0.4, 0.5) is 0 Å². The Morgan fingerprint density at radius 2 is 1.63 bits per heavy atom. The molecule has 0 spiro atoms. The zero-order chi connectivity index (χ0) is 14.8. The van der Waals surface area contributed by atoms with Crippen molar-refractivity contribution in [1.29, 1.82) is 0 Å². The van der Waals surface area contributed by atoms with E-state index < -0.39 is 15.1 Å². The zero-order valence-corrected chi connectivity index (χ0v) is 13.0. The lowest BCUT2D eigenvalue weighted by atomic mass is 9.86. The molecule has 0 amide bonds. The van der Waals surface area contributed by atoms with Crippen LogP contribution in [0.15, 0.2) is 24.3 Å². The minimum absolute atomic E-state index is 0.0720. The fourth-order valence-corrected chi connectivity index (χ4v) is 2.27. The van der Waals surface area contributed by atoms with Crippen molar-refractivity contribution in [3.05, 3.63) is 35.4 Å². The van der Waals surface area contributed by atoms with Gasteiger partial charge in [0.15, 0.2) is 15.6 Å².